The molecule has 1 heterocycles. The zero-order chi connectivity index (χ0) is 13.9. The van der Waals surface area contributed by atoms with Crippen molar-refractivity contribution in [1.29, 1.82) is 5.26 Å². The van der Waals surface area contributed by atoms with E-state index in [4.69, 9.17) is 5.26 Å². The Morgan fingerprint density at radius 1 is 1.26 bits per heavy atom. The van der Waals surface area contributed by atoms with Crippen LogP contribution >= 0.6 is 15.9 Å². The van der Waals surface area contributed by atoms with E-state index in [0.717, 1.165) is 30.3 Å². The minimum absolute atomic E-state index is 0.193. The SMILES string of the molecule is CC(C)(C#N)CCCCn1ccc2c(Br)cccc21. The monoisotopic (exact) mass is 318 g/mol. The van der Waals surface area contributed by atoms with Crippen LogP contribution in [0.3, 0.4) is 0 Å². The lowest BCUT2D eigenvalue weighted by Crippen LogP contribution is -2.08. The lowest BCUT2D eigenvalue weighted by molar-refractivity contribution is 0.418. The fraction of sp³-hybridized carbons (Fsp3) is 0.438. The van der Waals surface area contributed by atoms with E-state index in [-0.39, 0.29) is 5.41 Å². The number of aryl methyl sites for hydroxylation is 1. The van der Waals surface area contributed by atoms with E-state index in [1.165, 1.54) is 10.9 Å². The Labute approximate surface area is 123 Å². The van der Waals surface area contributed by atoms with Crippen molar-refractivity contribution in [2.75, 3.05) is 0 Å². The predicted octanol–water partition coefficient (Wildman–Crippen LogP) is 5.12. The van der Waals surface area contributed by atoms with Gasteiger partial charge in [-0.2, -0.15) is 5.26 Å². The summed E-state index contributed by atoms with van der Waals surface area (Å²) in [5.41, 5.74) is 1.08. The fourth-order valence-corrected chi connectivity index (χ4v) is 2.77. The van der Waals surface area contributed by atoms with Gasteiger partial charge in [0.05, 0.1) is 11.5 Å². The third-order valence-electron chi connectivity index (χ3n) is 3.51. The molecule has 1 aromatic heterocycles. The lowest BCUT2D eigenvalue weighted by atomic mass is 9.89. The van der Waals surface area contributed by atoms with Crippen LogP contribution in [0.5, 0.6) is 0 Å². The normalized spacial score (nSPS) is 11.7. The predicted molar refractivity (Wildman–Crippen MR) is 82.9 cm³/mol. The van der Waals surface area contributed by atoms with Crippen LogP contribution in [0.1, 0.15) is 33.1 Å². The molecule has 0 aliphatic rings. The minimum atomic E-state index is -0.193. The summed E-state index contributed by atoms with van der Waals surface area (Å²) in [6.45, 7) is 5.03. The summed E-state index contributed by atoms with van der Waals surface area (Å²) in [4.78, 5) is 0. The molecule has 0 N–H and O–H groups in total. The summed E-state index contributed by atoms with van der Waals surface area (Å²) in [5, 5.41) is 10.3. The highest BCUT2D eigenvalue weighted by molar-refractivity contribution is 9.10. The van der Waals surface area contributed by atoms with E-state index in [1.807, 2.05) is 13.8 Å². The summed E-state index contributed by atoms with van der Waals surface area (Å²) in [6.07, 6.45) is 5.31. The van der Waals surface area contributed by atoms with Gasteiger partial charge in [0.25, 0.3) is 0 Å². The number of unbranched alkanes of at least 4 members (excludes halogenated alkanes) is 1. The van der Waals surface area contributed by atoms with Gasteiger partial charge in [-0.1, -0.05) is 28.4 Å². The van der Waals surface area contributed by atoms with Gasteiger partial charge in [-0.15, -0.1) is 0 Å². The number of nitrogens with zero attached hydrogens (tertiary/aromatic N) is 2. The summed E-state index contributed by atoms with van der Waals surface area (Å²) in [6, 6.07) is 10.8. The Morgan fingerprint density at radius 2 is 2.05 bits per heavy atom. The van der Waals surface area contributed by atoms with Crippen LogP contribution in [-0.2, 0) is 6.54 Å². The molecule has 0 saturated heterocycles. The van der Waals surface area contributed by atoms with Gasteiger partial charge in [-0.3, -0.25) is 0 Å². The van der Waals surface area contributed by atoms with E-state index in [2.05, 4.69) is 57.0 Å². The molecule has 19 heavy (non-hydrogen) atoms. The Morgan fingerprint density at radius 3 is 2.79 bits per heavy atom. The van der Waals surface area contributed by atoms with Crippen LogP contribution in [0.25, 0.3) is 10.9 Å². The summed E-state index contributed by atoms with van der Waals surface area (Å²) in [5.74, 6) is 0. The number of halogens is 1. The molecule has 100 valence electrons. The number of hydrogen-bond acceptors (Lipinski definition) is 1. The second kappa shape index (κ2) is 5.79. The highest BCUT2D eigenvalue weighted by Crippen LogP contribution is 2.26. The second-order valence-electron chi connectivity index (χ2n) is 5.63. The van der Waals surface area contributed by atoms with Crippen molar-refractivity contribution >= 4 is 26.8 Å². The summed E-state index contributed by atoms with van der Waals surface area (Å²) in [7, 11) is 0. The van der Waals surface area contributed by atoms with E-state index < -0.39 is 0 Å². The quantitative estimate of drug-likeness (QED) is 0.703. The zero-order valence-electron chi connectivity index (χ0n) is 11.5. The fourth-order valence-electron chi connectivity index (χ4n) is 2.29. The van der Waals surface area contributed by atoms with E-state index in [1.54, 1.807) is 0 Å². The molecule has 0 unspecified atom stereocenters. The summed E-state index contributed by atoms with van der Waals surface area (Å²) >= 11 is 3.58. The van der Waals surface area contributed by atoms with Crippen molar-refractivity contribution in [2.45, 2.75) is 39.7 Å². The Kier molecular flexibility index (Phi) is 4.31. The third-order valence-corrected chi connectivity index (χ3v) is 4.21. The molecule has 0 radical (unpaired) electrons. The van der Waals surface area contributed by atoms with E-state index in [9.17, 15) is 0 Å². The van der Waals surface area contributed by atoms with Gasteiger partial charge >= 0.3 is 0 Å². The van der Waals surface area contributed by atoms with Gasteiger partial charge in [-0.05, 0) is 44.9 Å². The second-order valence-corrected chi connectivity index (χ2v) is 6.49. The van der Waals surface area contributed by atoms with E-state index in [0.29, 0.717) is 0 Å². The number of fused-ring (bicyclic) bond motifs is 1. The molecule has 0 bridgehead atoms. The van der Waals surface area contributed by atoms with Crippen molar-refractivity contribution < 1.29 is 0 Å². The first-order valence-corrected chi connectivity index (χ1v) is 7.47. The first-order chi connectivity index (χ1) is 9.03. The van der Waals surface area contributed by atoms with Crippen LogP contribution in [0.15, 0.2) is 34.9 Å². The molecule has 2 rings (SSSR count). The molecule has 0 aliphatic carbocycles. The van der Waals surface area contributed by atoms with Crippen LogP contribution < -0.4 is 0 Å². The smallest absolute Gasteiger partial charge is 0.0683 e. The molecular weight excluding hydrogens is 300 g/mol. The average molecular weight is 319 g/mol. The molecule has 2 nitrogen and oxygen atoms in total. The minimum Gasteiger partial charge on any atom is -0.347 e. The van der Waals surface area contributed by atoms with Gasteiger partial charge in [0.15, 0.2) is 0 Å². The van der Waals surface area contributed by atoms with Gasteiger partial charge in [0.1, 0.15) is 0 Å². The van der Waals surface area contributed by atoms with Gasteiger partial charge < -0.3 is 4.57 Å². The van der Waals surface area contributed by atoms with Crippen LogP contribution in [0, 0.1) is 16.7 Å². The van der Waals surface area contributed by atoms with Crippen molar-refractivity contribution in [3.8, 4) is 6.07 Å². The Bertz CT molecular complexity index is 605. The third kappa shape index (κ3) is 3.39. The van der Waals surface area contributed by atoms with E-state index >= 15 is 0 Å². The maximum Gasteiger partial charge on any atom is 0.0683 e. The highest BCUT2D eigenvalue weighted by atomic mass is 79.9. The van der Waals surface area contributed by atoms with Crippen LogP contribution in [0.4, 0.5) is 0 Å². The van der Waals surface area contributed by atoms with Crippen molar-refractivity contribution in [2.24, 2.45) is 5.41 Å². The zero-order valence-corrected chi connectivity index (χ0v) is 13.1. The van der Waals surface area contributed by atoms with Crippen LogP contribution in [-0.4, -0.2) is 4.57 Å². The Balaban J connectivity index is 1.96. The van der Waals surface area contributed by atoms with Gasteiger partial charge in [0, 0.05) is 28.1 Å². The molecule has 0 atom stereocenters. The van der Waals surface area contributed by atoms with Crippen molar-refractivity contribution in [3.63, 3.8) is 0 Å². The molecule has 0 saturated carbocycles. The van der Waals surface area contributed by atoms with Crippen molar-refractivity contribution in [3.05, 3.63) is 34.9 Å². The molecule has 0 fully saturated rings. The maximum absolute atomic E-state index is 8.99. The number of aromatic nitrogens is 1. The molecule has 1 aromatic carbocycles. The average Bonchev–Trinajstić information content (AvgIpc) is 2.80. The lowest BCUT2D eigenvalue weighted by Gasteiger charge is -2.14. The molecule has 0 spiro atoms. The Hall–Kier alpha value is -1.27. The number of benzene rings is 1. The standard InChI is InChI=1S/C16H19BrN2/c1-16(2,12-18)9-3-4-10-19-11-8-13-14(17)6-5-7-15(13)19/h5-8,11H,3-4,9-10H2,1-2H3. The topological polar surface area (TPSA) is 28.7 Å². The molecule has 0 amide bonds. The van der Waals surface area contributed by atoms with Crippen LogP contribution in [0.2, 0.25) is 0 Å². The highest BCUT2D eigenvalue weighted by Gasteiger charge is 2.15. The molecule has 2 aromatic rings. The molecular formula is C16H19BrN2. The number of rotatable bonds is 5. The van der Waals surface area contributed by atoms with Crippen molar-refractivity contribution in [1.82, 2.24) is 4.57 Å². The maximum atomic E-state index is 8.99. The number of nitriles is 1. The largest absolute Gasteiger partial charge is 0.347 e. The van der Waals surface area contributed by atoms with Gasteiger partial charge in [-0.25, -0.2) is 0 Å². The first-order valence-electron chi connectivity index (χ1n) is 6.68. The van der Waals surface area contributed by atoms with Gasteiger partial charge in [0.2, 0.25) is 0 Å². The first kappa shape index (κ1) is 14.1. The molecule has 0 aliphatic heterocycles. The molecule has 3 heteroatoms. The number of hydrogen-bond donors (Lipinski definition) is 0. The summed E-state index contributed by atoms with van der Waals surface area (Å²) < 4.78 is 3.44.